The molecule has 3 aromatic rings. The Bertz CT molecular complexity index is 1270. The fourth-order valence-corrected chi connectivity index (χ4v) is 5.41. The van der Waals surface area contributed by atoms with Crippen LogP contribution in [0.4, 0.5) is 0 Å². The van der Waals surface area contributed by atoms with Gasteiger partial charge in [0.25, 0.3) is 5.91 Å². The molecule has 1 aromatic heterocycles. The predicted molar refractivity (Wildman–Crippen MR) is 137 cm³/mol. The van der Waals surface area contributed by atoms with Crippen molar-refractivity contribution in [2.24, 2.45) is 0 Å². The van der Waals surface area contributed by atoms with Gasteiger partial charge in [-0.15, -0.1) is 0 Å². The molecule has 0 saturated heterocycles. The van der Waals surface area contributed by atoms with Crippen LogP contribution in [0.5, 0.6) is 11.5 Å². The lowest BCUT2D eigenvalue weighted by Crippen LogP contribution is -2.40. The Kier molecular flexibility index (Phi) is 6.93. The van der Waals surface area contributed by atoms with E-state index >= 15 is 0 Å². The number of pyridine rings is 1. The summed E-state index contributed by atoms with van der Waals surface area (Å²) in [5, 5.41) is 1.32. The molecule has 2 heterocycles. The van der Waals surface area contributed by atoms with E-state index in [4.69, 9.17) is 9.47 Å². The standard InChI is InChI=1S/C27H30N2O5Si/c1-33-20-8-11-22-24(16-20)34-14-13-29(27(32)19-7-12-25(31)28-17-19)26(22)23(30)15-18-5-9-21(10-6-18)35(2,3)4/h5-12,16-17,26H,13-15H2,1-4H3,(H,28,31). The number of carbonyl (C=O) groups excluding carboxylic acids is 2. The SMILES string of the molecule is COc1ccc2c(c1)OCCN(C(=O)c1ccc(=O)[nH]c1)C2C(=O)Cc1ccc([Si](C)(C)C)cc1. The first-order chi connectivity index (χ1) is 16.7. The number of aromatic nitrogens is 1. The minimum Gasteiger partial charge on any atom is -0.497 e. The third-order valence-corrected chi connectivity index (χ3v) is 8.28. The minimum atomic E-state index is -1.45. The number of nitrogens with one attached hydrogen (secondary N) is 1. The van der Waals surface area contributed by atoms with Crippen molar-refractivity contribution in [3.8, 4) is 11.5 Å². The zero-order valence-corrected chi connectivity index (χ0v) is 21.5. The number of hydrogen-bond acceptors (Lipinski definition) is 5. The largest absolute Gasteiger partial charge is 0.497 e. The van der Waals surface area contributed by atoms with Crippen molar-refractivity contribution in [1.82, 2.24) is 9.88 Å². The van der Waals surface area contributed by atoms with Crippen LogP contribution in [-0.2, 0) is 11.2 Å². The van der Waals surface area contributed by atoms with Crippen LogP contribution >= 0.6 is 0 Å². The Hall–Kier alpha value is -3.65. The number of amides is 1. The molecule has 2 aromatic carbocycles. The number of H-pyrrole nitrogens is 1. The Morgan fingerprint density at radius 1 is 1.09 bits per heavy atom. The van der Waals surface area contributed by atoms with Gasteiger partial charge in [0.15, 0.2) is 5.78 Å². The van der Waals surface area contributed by atoms with E-state index in [1.165, 1.54) is 28.4 Å². The maximum absolute atomic E-state index is 13.8. The van der Waals surface area contributed by atoms with E-state index in [-0.39, 0.29) is 36.8 Å². The zero-order valence-electron chi connectivity index (χ0n) is 20.5. The molecule has 35 heavy (non-hydrogen) atoms. The highest BCUT2D eigenvalue weighted by Crippen LogP contribution is 2.36. The van der Waals surface area contributed by atoms with E-state index in [0.717, 1.165) is 5.56 Å². The zero-order chi connectivity index (χ0) is 25.2. The summed E-state index contributed by atoms with van der Waals surface area (Å²) in [6, 6.07) is 15.4. The van der Waals surface area contributed by atoms with Gasteiger partial charge in [0, 0.05) is 30.3 Å². The molecule has 1 amide bonds. The smallest absolute Gasteiger partial charge is 0.256 e. The van der Waals surface area contributed by atoms with E-state index in [1.54, 1.807) is 25.3 Å². The maximum Gasteiger partial charge on any atom is 0.256 e. The number of ether oxygens (including phenoxy) is 2. The molecular weight excluding hydrogens is 460 g/mol. The molecule has 1 unspecified atom stereocenters. The van der Waals surface area contributed by atoms with Crippen LogP contribution in [0.2, 0.25) is 19.6 Å². The number of fused-ring (bicyclic) bond motifs is 1. The number of ketones is 1. The Morgan fingerprint density at radius 3 is 2.46 bits per heavy atom. The van der Waals surface area contributed by atoms with Gasteiger partial charge in [0.1, 0.15) is 24.1 Å². The topological polar surface area (TPSA) is 88.7 Å². The number of aromatic amines is 1. The van der Waals surface area contributed by atoms with Crippen LogP contribution < -0.4 is 20.2 Å². The highest BCUT2D eigenvalue weighted by atomic mass is 28.3. The summed E-state index contributed by atoms with van der Waals surface area (Å²) < 4.78 is 11.3. The number of nitrogens with zero attached hydrogens (tertiary/aromatic N) is 1. The molecule has 8 heteroatoms. The van der Waals surface area contributed by atoms with Gasteiger partial charge in [-0.25, -0.2) is 0 Å². The molecule has 1 aliphatic heterocycles. The van der Waals surface area contributed by atoms with E-state index in [2.05, 4.69) is 36.8 Å². The lowest BCUT2D eigenvalue weighted by Gasteiger charge is -2.29. The van der Waals surface area contributed by atoms with E-state index in [0.29, 0.717) is 22.6 Å². The minimum absolute atomic E-state index is 0.111. The van der Waals surface area contributed by atoms with Crippen molar-refractivity contribution in [3.63, 3.8) is 0 Å². The highest BCUT2D eigenvalue weighted by Gasteiger charge is 2.36. The Balaban J connectivity index is 1.71. The molecule has 0 radical (unpaired) electrons. The molecule has 0 bridgehead atoms. The normalized spacial score (nSPS) is 15.5. The first-order valence-corrected chi connectivity index (χ1v) is 15.1. The number of methoxy groups -OCH3 is 1. The average molecular weight is 491 g/mol. The second kappa shape index (κ2) is 9.91. The predicted octanol–water partition coefficient (Wildman–Crippen LogP) is 3.32. The third-order valence-electron chi connectivity index (χ3n) is 6.21. The average Bonchev–Trinajstić information content (AvgIpc) is 3.03. The summed E-state index contributed by atoms with van der Waals surface area (Å²) in [4.78, 5) is 42.9. The molecule has 182 valence electrons. The van der Waals surface area contributed by atoms with Crippen LogP contribution in [0.3, 0.4) is 0 Å². The molecular formula is C27H30N2O5Si. The van der Waals surface area contributed by atoms with Gasteiger partial charge in [-0.05, 0) is 23.8 Å². The van der Waals surface area contributed by atoms with Gasteiger partial charge in [0.2, 0.25) is 5.56 Å². The summed E-state index contributed by atoms with van der Waals surface area (Å²) in [7, 11) is 0.116. The second-order valence-electron chi connectivity index (χ2n) is 9.68. The van der Waals surface area contributed by atoms with Gasteiger partial charge in [0.05, 0.1) is 27.3 Å². The maximum atomic E-state index is 13.8. The van der Waals surface area contributed by atoms with Crippen molar-refractivity contribution in [2.75, 3.05) is 20.3 Å². The molecule has 1 atom stereocenters. The number of hydrogen-bond donors (Lipinski definition) is 1. The lowest BCUT2D eigenvalue weighted by atomic mass is 9.95. The number of rotatable bonds is 6. The van der Waals surface area contributed by atoms with E-state index < -0.39 is 14.1 Å². The first kappa shape index (κ1) is 24.5. The third kappa shape index (κ3) is 5.38. The number of carbonyl (C=O) groups is 2. The van der Waals surface area contributed by atoms with Crippen LogP contribution in [0, 0.1) is 0 Å². The van der Waals surface area contributed by atoms with Crippen LogP contribution in [0.1, 0.15) is 27.5 Å². The Morgan fingerprint density at radius 2 is 1.83 bits per heavy atom. The van der Waals surface area contributed by atoms with Crippen molar-refractivity contribution in [2.45, 2.75) is 32.1 Å². The summed E-state index contributed by atoms with van der Waals surface area (Å²) in [5.74, 6) is 0.673. The van der Waals surface area contributed by atoms with Gasteiger partial charge in [-0.3, -0.25) is 14.4 Å². The van der Waals surface area contributed by atoms with Crippen molar-refractivity contribution >= 4 is 25.0 Å². The quantitative estimate of drug-likeness (QED) is 0.536. The highest BCUT2D eigenvalue weighted by molar-refractivity contribution is 6.88. The lowest BCUT2D eigenvalue weighted by molar-refractivity contribution is -0.123. The van der Waals surface area contributed by atoms with Crippen LogP contribution in [0.15, 0.2) is 65.6 Å². The van der Waals surface area contributed by atoms with Gasteiger partial charge >= 0.3 is 0 Å². The summed E-state index contributed by atoms with van der Waals surface area (Å²) in [6.07, 6.45) is 1.56. The van der Waals surface area contributed by atoms with Gasteiger partial charge in [-0.1, -0.05) is 49.1 Å². The van der Waals surface area contributed by atoms with Gasteiger partial charge < -0.3 is 19.4 Å². The summed E-state index contributed by atoms with van der Waals surface area (Å²) in [6.45, 7) is 7.29. The molecule has 0 aliphatic carbocycles. The fraction of sp³-hybridized carbons (Fsp3) is 0.296. The summed E-state index contributed by atoms with van der Waals surface area (Å²) in [5.41, 5.74) is 1.52. The first-order valence-electron chi connectivity index (χ1n) is 11.6. The van der Waals surface area contributed by atoms with Crippen molar-refractivity contribution in [3.05, 3.63) is 87.8 Å². The molecule has 4 rings (SSSR count). The molecule has 1 N–H and O–H groups in total. The van der Waals surface area contributed by atoms with Gasteiger partial charge in [-0.2, -0.15) is 0 Å². The molecule has 0 spiro atoms. The summed E-state index contributed by atoms with van der Waals surface area (Å²) >= 11 is 0. The van der Waals surface area contributed by atoms with Crippen LogP contribution in [-0.4, -0.2) is 49.9 Å². The monoisotopic (exact) mass is 490 g/mol. The molecule has 0 saturated carbocycles. The van der Waals surface area contributed by atoms with E-state index in [1.807, 2.05) is 12.1 Å². The molecule has 7 nitrogen and oxygen atoms in total. The molecule has 1 aliphatic rings. The van der Waals surface area contributed by atoms with E-state index in [9.17, 15) is 14.4 Å². The fourth-order valence-electron chi connectivity index (χ4n) is 4.24. The molecule has 0 fully saturated rings. The number of Topliss-reactive ketones (excluding diaryl/α,β-unsaturated/α-hetero) is 1. The Labute approximate surface area is 205 Å². The number of benzene rings is 2. The van der Waals surface area contributed by atoms with Crippen LogP contribution in [0.25, 0.3) is 0 Å². The van der Waals surface area contributed by atoms with Crippen molar-refractivity contribution in [1.29, 1.82) is 0 Å². The second-order valence-corrected chi connectivity index (χ2v) is 14.8. The van der Waals surface area contributed by atoms with Crippen molar-refractivity contribution < 1.29 is 19.1 Å².